The standard InChI is InChI=1S/2C12H11.C10H15.2ClH.Zr/c2*1-2-6-11(7-3-1)10-12-8-4-5-9-12;1-6-7(2)9(4)10(5)8(6)3;;;/h2*1-9H,10H2;1-5H3;2*1H;/q3*-1;;;+2/p-2. The van der Waals surface area contributed by atoms with E-state index in [1.807, 2.05) is 0 Å². The van der Waals surface area contributed by atoms with Crippen molar-refractivity contribution in [3.63, 3.8) is 0 Å². The Morgan fingerprint density at radius 2 is 0.784 bits per heavy atom. The third-order valence-electron chi connectivity index (χ3n) is 6.78. The smallest absolute Gasteiger partial charge is 1.00 e. The Morgan fingerprint density at radius 1 is 0.486 bits per heavy atom. The number of halogens is 2. The van der Waals surface area contributed by atoms with Gasteiger partial charge in [0.15, 0.2) is 0 Å². The monoisotopic (exact) mass is 605 g/mol. The third kappa shape index (κ3) is 11.1. The first kappa shape index (κ1) is 35.0. The molecule has 0 fully saturated rings. The largest absolute Gasteiger partial charge is 2.00 e. The minimum absolute atomic E-state index is 0. The van der Waals surface area contributed by atoms with Crippen molar-refractivity contribution in [2.75, 3.05) is 0 Å². The number of hydrogen-bond donors (Lipinski definition) is 0. The van der Waals surface area contributed by atoms with Crippen LogP contribution in [-0.4, -0.2) is 0 Å². The van der Waals surface area contributed by atoms with Gasteiger partial charge in [-0.05, 0) is 12.8 Å². The number of hydrogen-bond acceptors (Lipinski definition) is 0. The Morgan fingerprint density at radius 3 is 1.03 bits per heavy atom. The summed E-state index contributed by atoms with van der Waals surface area (Å²) in [7, 11) is 0. The molecule has 0 N–H and O–H groups in total. The molecule has 0 heterocycles. The summed E-state index contributed by atoms with van der Waals surface area (Å²) in [4.78, 5) is 0. The van der Waals surface area contributed by atoms with E-state index < -0.39 is 0 Å². The molecule has 0 saturated heterocycles. The molecule has 0 unspecified atom stereocenters. The van der Waals surface area contributed by atoms with Gasteiger partial charge in [0.25, 0.3) is 0 Å². The fraction of sp³-hybridized carbons (Fsp3) is 0.206. The minimum atomic E-state index is 0. The number of benzene rings is 2. The van der Waals surface area contributed by atoms with Crippen molar-refractivity contribution >= 4 is 0 Å². The zero-order chi connectivity index (χ0) is 24.3. The SMILES string of the molecule is Cc1c(C)c(C)[c-](C)c1C.[Cl-].[Cl-].[Zr+2].c1ccc(C[c-]2cccc2)cc1.c1ccc(C[c-]2cccc2)cc1. The molecule has 0 aliphatic heterocycles. The summed E-state index contributed by atoms with van der Waals surface area (Å²) in [5.74, 6) is 0. The third-order valence-corrected chi connectivity index (χ3v) is 6.78. The van der Waals surface area contributed by atoms with Gasteiger partial charge in [-0.25, -0.2) is 24.3 Å². The van der Waals surface area contributed by atoms with Crippen LogP contribution in [0.15, 0.2) is 109 Å². The van der Waals surface area contributed by atoms with Crippen LogP contribution >= 0.6 is 0 Å². The molecular formula is C34H37Cl2Zr-3. The van der Waals surface area contributed by atoms with Crippen LogP contribution in [-0.2, 0) is 39.0 Å². The van der Waals surface area contributed by atoms with Gasteiger partial charge >= 0.3 is 26.2 Å². The van der Waals surface area contributed by atoms with Crippen LogP contribution in [0.2, 0.25) is 0 Å². The van der Waals surface area contributed by atoms with E-state index in [0.717, 1.165) is 12.8 Å². The van der Waals surface area contributed by atoms with Gasteiger partial charge in [0.05, 0.1) is 0 Å². The number of rotatable bonds is 4. The Hall–Kier alpha value is -2.05. The van der Waals surface area contributed by atoms with Crippen molar-refractivity contribution in [3.8, 4) is 0 Å². The molecule has 0 aliphatic carbocycles. The molecule has 0 aromatic heterocycles. The second kappa shape index (κ2) is 18.2. The van der Waals surface area contributed by atoms with Gasteiger partial charge < -0.3 is 24.8 Å². The van der Waals surface area contributed by atoms with Crippen LogP contribution in [0.5, 0.6) is 0 Å². The van der Waals surface area contributed by atoms with E-state index in [1.54, 1.807) is 0 Å². The quantitative estimate of drug-likeness (QED) is 0.276. The van der Waals surface area contributed by atoms with E-state index in [2.05, 4.69) is 144 Å². The van der Waals surface area contributed by atoms with Gasteiger partial charge in [-0.15, -0.1) is 0 Å². The summed E-state index contributed by atoms with van der Waals surface area (Å²) in [5, 5.41) is 0. The van der Waals surface area contributed by atoms with Gasteiger partial charge in [0.1, 0.15) is 0 Å². The fourth-order valence-electron chi connectivity index (χ4n) is 4.13. The molecule has 0 amide bonds. The Labute approximate surface area is 256 Å². The summed E-state index contributed by atoms with van der Waals surface area (Å²) in [6.07, 6.45) is 2.10. The van der Waals surface area contributed by atoms with Gasteiger partial charge in [-0.1, -0.05) is 106 Å². The molecule has 194 valence electrons. The first-order chi connectivity index (χ1) is 16.5. The van der Waals surface area contributed by atoms with Crippen molar-refractivity contribution in [1.82, 2.24) is 0 Å². The van der Waals surface area contributed by atoms with E-state index in [1.165, 1.54) is 50.1 Å². The normalized spacial score (nSPS) is 9.32. The summed E-state index contributed by atoms with van der Waals surface area (Å²) in [5.41, 5.74) is 12.9. The van der Waals surface area contributed by atoms with E-state index in [4.69, 9.17) is 0 Å². The maximum absolute atomic E-state index is 2.20. The topological polar surface area (TPSA) is 0 Å². The van der Waals surface area contributed by atoms with Crippen LogP contribution in [0.3, 0.4) is 0 Å². The van der Waals surface area contributed by atoms with E-state index >= 15 is 0 Å². The van der Waals surface area contributed by atoms with Gasteiger partial charge in [0.2, 0.25) is 0 Å². The Balaban J connectivity index is 0.000000508. The predicted molar refractivity (Wildman–Crippen MR) is 148 cm³/mol. The second-order valence-electron chi connectivity index (χ2n) is 9.04. The molecule has 0 atom stereocenters. The zero-order valence-corrected chi connectivity index (χ0v) is 26.5. The van der Waals surface area contributed by atoms with Crippen molar-refractivity contribution in [3.05, 3.63) is 159 Å². The first-order valence-electron chi connectivity index (χ1n) is 12.1. The molecule has 0 spiro atoms. The van der Waals surface area contributed by atoms with Crippen LogP contribution in [0.1, 0.15) is 50.1 Å². The maximum atomic E-state index is 2.20. The Bertz CT molecular complexity index is 1060. The second-order valence-corrected chi connectivity index (χ2v) is 9.04. The maximum Gasteiger partial charge on any atom is 2.00 e. The van der Waals surface area contributed by atoms with E-state index in [0.29, 0.717) is 0 Å². The zero-order valence-electron chi connectivity index (χ0n) is 22.6. The summed E-state index contributed by atoms with van der Waals surface area (Å²) in [6, 6.07) is 38.0. The van der Waals surface area contributed by atoms with Crippen molar-refractivity contribution in [2.24, 2.45) is 0 Å². The molecule has 0 aliphatic rings. The average molecular weight is 608 g/mol. The fourth-order valence-corrected chi connectivity index (χ4v) is 4.13. The van der Waals surface area contributed by atoms with E-state index in [9.17, 15) is 0 Å². The van der Waals surface area contributed by atoms with Crippen LogP contribution < -0.4 is 24.8 Å². The van der Waals surface area contributed by atoms with Crippen LogP contribution in [0.4, 0.5) is 0 Å². The van der Waals surface area contributed by atoms with Crippen molar-refractivity contribution in [1.29, 1.82) is 0 Å². The van der Waals surface area contributed by atoms with Crippen molar-refractivity contribution < 1.29 is 51.0 Å². The molecule has 5 aromatic rings. The average Bonchev–Trinajstić information content (AvgIpc) is 3.61. The molecule has 5 aromatic carbocycles. The molecule has 0 nitrogen and oxygen atoms in total. The molecule has 3 heteroatoms. The van der Waals surface area contributed by atoms with Gasteiger partial charge in [-0.2, -0.15) is 63.2 Å². The summed E-state index contributed by atoms with van der Waals surface area (Å²) < 4.78 is 0. The van der Waals surface area contributed by atoms with Crippen molar-refractivity contribution in [2.45, 2.75) is 47.5 Å². The molecule has 0 saturated carbocycles. The van der Waals surface area contributed by atoms with Gasteiger partial charge in [-0.3, -0.25) is 0 Å². The molecule has 37 heavy (non-hydrogen) atoms. The van der Waals surface area contributed by atoms with Gasteiger partial charge in [0, 0.05) is 0 Å². The Kier molecular flexibility index (Phi) is 17.2. The molecule has 0 radical (unpaired) electrons. The summed E-state index contributed by atoms with van der Waals surface area (Å²) in [6.45, 7) is 11.0. The predicted octanol–water partition coefficient (Wildman–Crippen LogP) is 2.95. The minimum Gasteiger partial charge on any atom is -1.00 e. The molecular weight excluding hydrogens is 571 g/mol. The molecule has 5 rings (SSSR count). The van der Waals surface area contributed by atoms with E-state index in [-0.39, 0.29) is 51.0 Å². The molecule has 0 bridgehead atoms. The van der Waals surface area contributed by atoms with Crippen LogP contribution in [0.25, 0.3) is 0 Å². The summed E-state index contributed by atoms with van der Waals surface area (Å²) >= 11 is 0. The van der Waals surface area contributed by atoms with Crippen LogP contribution in [0, 0.1) is 34.6 Å². The first-order valence-corrected chi connectivity index (χ1v) is 12.1.